The summed E-state index contributed by atoms with van der Waals surface area (Å²) in [4.78, 5) is 38.8. The molecule has 0 aliphatic carbocycles. The van der Waals surface area contributed by atoms with Gasteiger partial charge in [-0.25, -0.2) is 0 Å². The largest absolute Gasteiger partial charge is 0.480 e. The molecule has 3 atom stereocenters. The van der Waals surface area contributed by atoms with E-state index >= 15 is 0 Å². The third-order valence-corrected chi connectivity index (χ3v) is 6.52. The molecule has 1 aromatic carbocycles. The summed E-state index contributed by atoms with van der Waals surface area (Å²) in [6.45, 7) is 0. The number of benzene rings is 1. The molecule has 0 saturated carbocycles. The van der Waals surface area contributed by atoms with Crippen LogP contribution in [0.5, 0.6) is 5.75 Å². The number of carboxylic acids is 1. The summed E-state index contributed by atoms with van der Waals surface area (Å²) in [5.74, 6) is -2.82. The smallest absolute Gasteiger partial charge is 0.317 e. The second-order valence-corrected chi connectivity index (χ2v) is 7.79. The first-order chi connectivity index (χ1) is 11.0. The van der Waals surface area contributed by atoms with Gasteiger partial charge in [0.15, 0.2) is 0 Å². The van der Waals surface area contributed by atoms with Crippen LogP contribution in [0.1, 0.15) is 16.4 Å². The van der Waals surface area contributed by atoms with E-state index in [1.165, 1.54) is 0 Å². The number of aromatic nitrogens is 1. The molecule has 3 heterocycles. The standard InChI is InChI=1S/C14H8ClNO5S2/c15-4-1-2-6-5(3-4)7-8(13(19)21-6)10(12(17)18)22-11-9(7)23-14(20)16-11/h1-3,7-8,10H,(H,16,20)(H,17,18)/t7-,8+,10+/m1/s1. The first kappa shape index (κ1) is 14.8. The van der Waals surface area contributed by atoms with Crippen molar-refractivity contribution in [1.82, 2.24) is 4.98 Å². The molecular formula is C14H8ClNO5S2. The van der Waals surface area contributed by atoms with Crippen molar-refractivity contribution in [2.75, 3.05) is 0 Å². The summed E-state index contributed by atoms with van der Waals surface area (Å²) >= 11 is 8.01. The molecule has 0 bridgehead atoms. The van der Waals surface area contributed by atoms with Gasteiger partial charge < -0.3 is 14.8 Å². The van der Waals surface area contributed by atoms with E-state index in [2.05, 4.69) is 4.98 Å². The Hall–Kier alpha value is -1.77. The molecule has 0 amide bonds. The normalized spacial score (nSPS) is 25.1. The molecule has 118 valence electrons. The maximum absolute atomic E-state index is 12.4. The number of ether oxygens (including phenoxy) is 1. The fourth-order valence-electron chi connectivity index (χ4n) is 2.99. The number of aliphatic carboxylic acids is 1. The molecule has 6 nitrogen and oxygen atoms in total. The van der Waals surface area contributed by atoms with E-state index in [9.17, 15) is 19.5 Å². The maximum Gasteiger partial charge on any atom is 0.317 e. The predicted octanol–water partition coefficient (Wildman–Crippen LogP) is 2.32. The minimum absolute atomic E-state index is 0.283. The van der Waals surface area contributed by atoms with Gasteiger partial charge in [-0.15, -0.1) is 0 Å². The highest BCUT2D eigenvalue weighted by Gasteiger charge is 2.51. The van der Waals surface area contributed by atoms with Gasteiger partial charge in [0.2, 0.25) is 0 Å². The number of thiazole rings is 1. The molecule has 2 aromatic rings. The lowest BCUT2D eigenvalue weighted by atomic mass is 9.80. The minimum Gasteiger partial charge on any atom is -0.480 e. The van der Waals surface area contributed by atoms with Gasteiger partial charge in [0.05, 0.1) is 10.9 Å². The van der Waals surface area contributed by atoms with Crippen LogP contribution in [0.3, 0.4) is 0 Å². The zero-order chi connectivity index (χ0) is 16.3. The van der Waals surface area contributed by atoms with Gasteiger partial charge in [-0.05, 0) is 18.2 Å². The SMILES string of the molecule is O=C1Oc2ccc(Cl)cc2[C@H]2c3sc(=O)[nH]c3S[C@H](C(=O)O)[C@@H]12. The number of hydrogen-bond acceptors (Lipinski definition) is 6. The molecule has 4 rings (SSSR count). The Morgan fingerprint density at radius 2 is 2.13 bits per heavy atom. The average Bonchev–Trinajstić information content (AvgIpc) is 2.86. The summed E-state index contributed by atoms with van der Waals surface area (Å²) < 4.78 is 5.30. The van der Waals surface area contributed by atoms with Crippen molar-refractivity contribution < 1.29 is 19.4 Å². The van der Waals surface area contributed by atoms with Gasteiger partial charge in [0.1, 0.15) is 11.0 Å². The predicted molar refractivity (Wildman–Crippen MR) is 84.6 cm³/mol. The average molecular weight is 370 g/mol. The third kappa shape index (κ3) is 2.20. The first-order valence-electron chi connectivity index (χ1n) is 6.59. The Morgan fingerprint density at radius 3 is 2.87 bits per heavy atom. The zero-order valence-corrected chi connectivity index (χ0v) is 13.6. The van der Waals surface area contributed by atoms with E-state index in [-0.39, 0.29) is 4.87 Å². The number of hydrogen-bond donors (Lipinski definition) is 2. The Labute approximate surface area is 142 Å². The van der Waals surface area contributed by atoms with Gasteiger partial charge in [-0.2, -0.15) is 0 Å². The van der Waals surface area contributed by atoms with Crippen LogP contribution in [0.4, 0.5) is 0 Å². The molecule has 0 fully saturated rings. The van der Waals surface area contributed by atoms with E-state index in [0.717, 1.165) is 23.1 Å². The van der Waals surface area contributed by atoms with Crippen LogP contribution in [-0.4, -0.2) is 27.3 Å². The number of halogens is 1. The van der Waals surface area contributed by atoms with Gasteiger partial charge in [0.25, 0.3) is 0 Å². The highest BCUT2D eigenvalue weighted by atomic mass is 35.5. The summed E-state index contributed by atoms with van der Waals surface area (Å²) in [7, 11) is 0. The van der Waals surface area contributed by atoms with Crippen molar-refractivity contribution in [1.29, 1.82) is 0 Å². The Morgan fingerprint density at radius 1 is 1.35 bits per heavy atom. The first-order valence-corrected chi connectivity index (χ1v) is 8.66. The number of fused-ring (bicyclic) bond motifs is 5. The van der Waals surface area contributed by atoms with Crippen LogP contribution in [0.2, 0.25) is 5.02 Å². The van der Waals surface area contributed by atoms with Crippen molar-refractivity contribution in [3.05, 3.63) is 43.3 Å². The van der Waals surface area contributed by atoms with Crippen LogP contribution in [0, 0.1) is 5.92 Å². The van der Waals surface area contributed by atoms with Crippen molar-refractivity contribution in [2.24, 2.45) is 5.92 Å². The van der Waals surface area contributed by atoms with Crippen molar-refractivity contribution in [2.45, 2.75) is 16.2 Å². The van der Waals surface area contributed by atoms with Gasteiger partial charge >= 0.3 is 16.8 Å². The van der Waals surface area contributed by atoms with E-state index in [4.69, 9.17) is 16.3 Å². The van der Waals surface area contributed by atoms with E-state index in [1.807, 2.05) is 0 Å². The number of aromatic amines is 1. The van der Waals surface area contributed by atoms with E-state index in [1.54, 1.807) is 18.2 Å². The minimum atomic E-state index is -1.12. The Bertz CT molecular complexity index is 905. The van der Waals surface area contributed by atoms with Crippen LogP contribution in [0.15, 0.2) is 28.0 Å². The Kier molecular flexibility index (Phi) is 3.29. The number of esters is 1. The number of rotatable bonds is 1. The second-order valence-electron chi connectivity index (χ2n) is 5.19. The lowest BCUT2D eigenvalue weighted by molar-refractivity contribution is -0.147. The van der Waals surface area contributed by atoms with Gasteiger partial charge in [-0.1, -0.05) is 34.7 Å². The molecule has 0 unspecified atom stereocenters. The molecule has 2 aliphatic heterocycles. The molecule has 1 aromatic heterocycles. The molecule has 0 radical (unpaired) electrons. The highest BCUT2D eigenvalue weighted by molar-refractivity contribution is 8.00. The van der Waals surface area contributed by atoms with E-state index in [0.29, 0.717) is 26.2 Å². The number of carbonyl (C=O) groups is 2. The monoisotopic (exact) mass is 369 g/mol. The molecule has 0 saturated heterocycles. The lowest BCUT2D eigenvalue weighted by Crippen LogP contribution is -2.44. The lowest BCUT2D eigenvalue weighted by Gasteiger charge is -2.37. The van der Waals surface area contributed by atoms with Crippen LogP contribution in [0.25, 0.3) is 0 Å². The molecule has 2 N–H and O–H groups in total. The van der Waals surface area contributed by atoms with Crippen molar-refractivity contribution >= 4 is 46.6 Å². The van der Waals surface area contributed by atoms with Crippen molar-refractivity contribution in [3.8, 4) is 5.75 Å². The van der Waals surface area contributed by atoms with Crippen molar-refractivity contribution in [3.63, 3.8) is 0 Å². The second kappa shape index (κ2) is 5.12. The fourth-order valence-corrected chi connectivity index (χ4v) is 5.56. The number of nitrogens with one attached hydrogen (secondary N) is 1. The Balaban J connectivity index is 2.00. The summed E-state index contributed by atoms with van der Waals surface area (Å²) in [6.07, 6.45) is 0. The quantitative estimate of drug-likeness (QED) is 0.591. The van der Waals surface area contributed by atoms with Crippen LogP contribution >= 0.6 is 34.7 Å². The maximum atomic E-state index is 12.4. The summed E-state index contributed by atoms with van der Waals surface area (Å²) in [6, 6.07) is 4.84. The molecular weight excluding hydrogens is 362 g/mol. The molecule has 9 heteroatoms. The van der Waals surface area contributed by atoms with Gasteiger partial charge in [-0.3, -0.25) is 14.4 Å². The molecule has 2 aliphatic rings. The van der Waals surface area contributed by atoms with Gasteiger partial charge in [0, 0.05) is 21.4 Å². The number of carbonyl (C=O) groups excluding carboxylic acids is 1. The summed E-state index contributed by atoms with van der Waals surface area (Å²) in [5, 5.41) is 9.40. The zero-order valence-electron chi connectivity index (χ0n) is 11.2. The molecule has 0 spiro atoms. The van der Waals surface area contributed by atoms with E-state index < -0.39 is 29.0 Å². The topological polar surface area (TPSA) is 96.5 Å². The molecule has 23 heavy (non-hydrogen) atoms. The number of carboxylic acid groups (broad SMARTS) is 1. The third-order valence-electron chi connectivity index (χ3n) is 3.89. The van der Waals surface area contributed by atoms with Crippen LogP contribution in [-0.2, 0) is 9.59 Å². The summed E-state index contributed by atoms with van der Waals surface area (Å²) in [5.41, 5.74) is 0.630. The number of H-pyrrole nitrogens is 1. The fraction of sp³-hybridized carbons (Fsp3) is 0.214. The highest BCUT2D eigenvalue weighted by Crippen LogP contribution is 2.53. The number of thioether (sulfide) groups is 1. The van der Waals surface area contributed by atoms with Crippen LogP contribution < -0.4 is 9.61 Å².